The molecule has 1 aliphatic rings. The molecular weight excluding hydrogens is 731 g/mol. The maximum Gasteiger partial charge on any atom is 0.472 e. The molecule has 55 heavy (non-hydrogen) atoms. The van der Waals surface area contributed by atoms with Gasteiger partial charge < -0.3 is 39.9 Å². The predicted molar refractivity (Wildman–Crippen MR) is 212 cm³/mol. The number of unbranched alkanes of at least 4 members (excludes halogenated alkanes) is 21. The van der Waals surface area contributed by atoms with E-state index in [-0.39, 0.29) is 6.42 Å². The molecule has 1 rings (SSSR count). The van der Waals surface area contributed by atoms with Crippen LogP contribution < -0.4 is 0 Å². The number of ether oxygens (including phenoxy) is 2. The molecule has 0 aromatic heterocycles. The zero-order valence-electron chi connectivity index (χ0n) is 33.7. The van der Waals surface area contributed by atoms with Gasteiger partial charge in [0.15, 0.2) is 6.10 Å². The summed E-state index contributed by atoms with van der Waals surface area (Å²) >= 11 is 0. The molecule has 322 valence electrons. The molecule has 0 saturated heterocycles. The van der Waals surface area contributed by atoms with E-state index in [2.05, 4.69) is 13.8 Å². The standard InChI is InChI=1S/C41H75O13P/c1-3-5-7-9-11-13-15-16-17-18-20-21-23-25-27-29-34(42)51-31-33(53-35(43)30-28-26-24-22-19-14-12-10-8-6-4-2)32-52-55(49,50)54-41-39(47)37(45)36(44)38(46)40(41)48/h23,25,27,29,33,36-41,44-48H,3-22,24,26,28,30-32H2,1-2H3,(H,49,50)/b25-23+,29-27+/t33-,36?,37-,38?,39?,40?,41?/m1/s1. The van der Waals surface area contributed by atoms with Crippen LogP contribution in [0.5, 0.6) is 0 Å². The Labute approximate surface area is 330 Å². The van der Waals surface area contributed by atoms with E-state index < -0.39 is 75.7 Å². The van der Waals surface area contributed by atoms with Gasteiger partial charge >= 0.3 is 19.8 Å². The molecule has 0 aliphatic heterocycles. The van der Waals surface area contributed by atoms with E-state index >= 15 is 0 Å². The summed E-state index contributed by atoms with van der Waals surface area (Å²) in [5, 5.41) is 50.0. The molecule has 6 N–H and O–H groups in total. The second-order valence-corrected chi connectivity index (χ2v) is 16.3. The fourth-order valence-corrected chi connectivity index (χ4v) is 7.41. The first-order valence-corrected chi connectivity index (χ1v) is 22.7. The maximum absolute atomic E-state index is 12.7. The Bertz CT molecular complexity index is 1070. The first-order chi connectivity index (χ1) is 26.4. The average Bonchev–Trinajstić information content (AvgIpc) is 3.16. The van der Waals surface area contributed by atoms with Crippen LogP contribution in [0.25, 0.3) is 0 Å². The average molecular weight is 807 g/mol. The molecule has 6 unspecified atom stereocenters. The van der Waals surface area contributed by atoms with Gasteiger partial charge in [0, 0.05) is 12.5 Å². The highest BCUT2D eigenvalue weighted by Crippen LogP contribution is 2.47. The summed E-state index contributed by atoms with van der Waals surface area (Å²) in [4.78, 5) is 35.4. The summed E-state index contributed by atoms with van der Waals surface area (Å²) in [5.74, 6) is -1.35. The number of esters is 2. The van der Waals surface area contributed by atoms with Crippen LogP contribution in [0.2, 0.25) is 0 Å². The van der Waals surface area contributed by atoms with E-state index in [9.17, 15) is 44.6 Å². The number of allylic oxidation sites excluding steroid dienone is 3. The molecule has 1 aliphatic carbocycles. The largest absolute Gasteiger partial charge is 0.472 e. The lowest BCUT2D eigenvalue weighted by molar-refractivity contribution is -0.220. The zero-order chi connectivity index (χ0) is 40.7. The van der Waals surface area contributed by atoms with Crippen LogP contribution in [0.1, 0.15) is 168 Å². The zero-order valence-corrected chi connectivity index (χ0v) is 34.6. The van der Waals surface area contributed by atoms with Gasteiger partial charge in [0.2, 0.25) is 0 Å². The molecule has 0 bridgehead atoms. The monoisotopic (exact) mass is 806 g/mol. The van der Waals surface area contributed by atoms with Crippen molar-refractivity contribution in [1.29, 1.82) is 0 Å². The van der Waals surface area contributed by atoms with Crippen LogP contribution >= 0.6 is 7.82 Å². The maximum atomic E-state index is 12.7. The van der Waals surface area contributed by atoms with Crippen molar-refractivity contribution >= 4 is 19.8 Å². The van der Waals surface area contributed by atoms with Crippen molar-refractivity contribution < 1.29 is 63.1 Å². The summed E-state index contributed by atoms with van der Waals surface area (Å²) in [6.45, 7) is 3.16. The normalized spacial score (nSPS) is 23.3. The third-order valence-electron chi connectivity index (χ3n) is 9.90. The molecular formula is C41H75O13P. The summed E-state index contributed by atoms with van der Waals surface area (Å²) in [5.41, 5.74) is 0. The molecule has 0 radical (unpaired) electrons. The number of aliphatic hydroxyl groups is 5. The van der Waals surface area contributed by atoms with Crippen LogP contribution in [0.15, 0.2) is 24.3 Å². The first kappa shape index (κ1) is 51.3. The first-order valence-electron chi connectivity index (χ1n) is 21.2. The number of carbonyl (C=O) groups is 2. The van der Waals surface area contributed by atoms with Gasteiger partial charge in [-0.05, 0) is 19.3 Å². The Kier molecular flexibility index (Phi) is 30.2. The molecule has 0 heterocycles. The molecule has 1 saturated carbocycles. The molecule has 1 fully saturated rings. The molecule has 0 aromatic carbocycles. The molecule has 8 atom stereocenters. The highest BCUT2D eigenvalue weighted by Gasteiger charge is 2.51. The second kappa shape index (κ2) is 32.3. The molecule has 14 heteroatoms. The van der Waals surface area contributed by atoms with E-state index in [1.165, 1.54) is 102 Å². The molecule has 13 nitrogen and oxygen atoms in total. The quantitative estimate of drug-likeness (QED) is 0.0124. The smallest absolute Gasteiger partial charge is 0.458 e. The number of phosphoric ester groups is 1. The Morgan fingerprint density at radius 2 is 1.04 bits per heavy atom. The van der Waals surface area contributed by atoms with E-state index in [0.717, 1.165) is 44.9 Å². The van der Waals surface area contributed by atoms with Gasteiger partial charge in [0.25, 0.3) is 0 Å². The fourth-order valence-electron chi connectivity index (χ4n) is 6.44. The van der Waals surface area contributed by atoms with Crippen molar-refractivity contribution in [3.05, 3.63) is 24.3 Å². The second-order valence-electron chi connectivity index (χ2n) is 14.9. The van der Waals surface area contributed by atoms with E-state index in [0.29, 0.717) is 6.42 Å². The van der Waals surface area contributed by atoms with Gasteiger partial charge in [-0.25, -0.2) is 9.36 Å². The summed E-state index contributed by atoms with van der Waals surface area (Å²) in [6, 6.07) is 0. The van der Waals surface area contributed by atoms with Crippen LogP contribution in [-0.2, 0) is 32.7 Å². The van der Waals surface area contributed by atoms with Crippen LogP contribution in [0.4, 0.5) is 0 Å². The van der Waals surface area contributed by atoms with Gasteiger partial charge in [0.05, 0.1) is 6.61 Å². The third kappa shape index (κ3) is 25.3. The van der Waals surface area contributed by atoms with Crippen molar-refractivity contribution in [2.75, 3.05) is 13.2 Å². The lowest BCUT2D eigenvalue weighted by Gasteiger charge is -2.41. The lowest BCUT2D eigenvalue weighted by atomic mass is 9.85. The highest BCUT2D eigenvalue weighted by atomic mass is 31.2. The molecule has 0 amide bonds. The summed E-state index contributed by atoms with van der Waals surface area (Å²) in [7, 11) is -5.13. The molecule has 0 aromatic rings. The highest BCUT2D eigenvalue weighted by molar-refractivity contribution is 7.47. The van der Waals surface area contributed by atoms with Gasteiger partial charge in [-0.2, -0.15) is 0 Å². The Morgan fingerprint density at radius 3 is 1.53 bits per heavy atom. The topological polar surface area (TPSA) is 210 Å². The van der Waals surface area contributed by atoms with Crippen LogP contribution in [-0.4, -0.2) is 98.3 Å². The minimum atomic E-state index is -5.13. The van der Waals surface area contributed by atoms with E-state index in [4.69, 9.17) is 18.5 Å². The minimum absolute atomic E-state index is 0.0805. The minimum Gasteiger partial charge on any atom is -0.458 e. The number of carbonyl (C=O) groups excluding carboxylic acids is 2. The number of rotatable bonds is 34. The fraction of sp³-hybridized carbons (Fsp3) is 0.854. The number of aliphatic hydroxyl groups excluding tert-OH is 5. The van der Waals surface area contributed by atoms with Crippen molar-refractivity contribution in [1.82, 2.24) is 0 Å². The number of hydrogen-bond donors (Lipinski definition) is 6. The van der Waals surface area contributed by atoms with Gasteiger partial charge in [0.1, 0.15) is 43.2 Å². The van der Waals surface area contributed by atoms with E-state index in [1.54, 1.807) is 12.2 Å². The predicted octanol–water partition coefficient (Wildman–Crippen LogP) is 7.28. The van der Waals surface area contributed by atoms with Gasteiger partial charge in [-0.15, -0.1) is 0 Å². The van der Waals surface area contributed by atoms with Gasteiger partial charge in [-0.3, -0.25) is 13.8 Å². The van der Waals surface area contributed by atoms with Crippen molar-refractivity contribution in [3.8, 4) is 0 Å². The Balaban J connectivity index is 2.55. The number of phosphoric acid groups is 1. The summed E-state index contributed by atoms with van der Waals surface area (Å²) in [6.07, 6.45) is 20.2. The Hall–Kier alpha value is -1.67. The number of hydrogen-bond acceptors (Lipinski definition) is 12. The summed E-state index contributed by atoms with van der Waals surface area (Å²) < 4.78 is 33.2. The lowest BCUT2D eigenvalue weighted by Crippen LogP contribution is -2.64. The van der Waals surface area contributed by atoms with Crippen molar-refractivity contribution in [3.63, 3.8) is 0 Å². The molecule has 0 spiro atoms. The van der Waals surface area contributed by atoms with Crippen molar-refractivity contribution in [2.45, 2.75) is 211 Å². The van der Waals surface area contributed by atoms with E-state index in [1.807, 2.05) is 6.08 Å². The Morgan fingerprint density at radius 1 is 0.600 bits per heavy atom. The van der Waals surface area contributed by atoms with Crippen LogP contribution in [0.3, 0.4) is 0 Å². The van der Waals surface area contributed by atoms with Crippen LogP contribution in [0, 0.1) is 0 Å². The third-order valence-corrected chi connectivity index (χ3v) is 10.9. The van der Waals surface area contributed by atoms with Gasteiger partial charge in [-0.1, -0.05) is 160 Å². The SMILES string of the molecule is CCCCCCCCCCCCC/C=C/C=C/C(=O)OC[C@H](COP(=O)(O)OC1C(O)C(O)C(O)[C@@H](O)C1O)OC(=O)CCCCCCCCCCCCC. The van der Waals surface area contributed by atoms with Crippen molar-refractivity contribution in [2.24, 2.45) is 0 Å².